The highest BCUT2D eigenvalue weighted by atomic mass is 79.9. The van der Waals surface area contributed by atoms with E-state index in [2.05, 4.69) is 36.4 Å². The SMILES string of the molecule is O=C(NCCc1nc(-c2ccc(F)cc2)n[nH]1)c1ccccc1Br. The van der Waals surface area contributed by atoms with Crippen molar-refractivity contribution in [3.8, 4) is 11.4 Å². The van der Waals surface area contributed by atoms with Crippen LogP contribution < -0.4 is 5.32 Å². The second-order valence-corrected chi connectivity index (χ2v) is 5.95. The number of rotatable bonds is 5. The minimum absolute atomic E-state index is 0.152. The van der Waals surface area contributed by atoms with Gasteiger partial charge in [-0.05, 0) is 52.3 Å². The molecule has 7 heteroatoms. The number of amides is 1. The lowest BCUT2D eigenvalue weighted by Gasteiger charge is -2.05. The van der Waals surface area contributed by atoms with Crippen molar-refractivity contribution in [1.29, 1.82) is 0 Å². The lowest BCUT2D eigenvalue weighted by molar-refractivity contribution is 0.0953. The summed E-state index contributed by atoms with van der Waals surface area (Å²) in [6.45, 7) is 0.429. The molecule has 5 nitrogen and oxygen atoms in total. The van der Waals surface area contributed by atoms with Crippen LogP contribution in [-0.2, 0) is 6.42 Å². The van der Waals surface area contributed by atoms with Crippen LogP contribution in [-0.4, -0.2) is 27.6 Å². The molecule has 0 saturated carbocycles. The standard InChI is InChI=1S/C17H14BrFN4O/c18-14-4-2-1-3-13(14)17(24)20-10-9-15-21-16(23-22-15)11-5-7-12(19)8-6-11/h1-8H,9-10H2,(H,20,24)(H,21,22,23). The summed E-state index contributed by atoms with van der Waals surface area (Å²) in [5.74, 6) is 0.703. The molecule has 0 bridgehead atoms. The summed E-state index contributed by atoms with van der Waals surface area (Å²) < 4.78 is 13.7. The van der Waals surface area contributed by atoms with Crippen molar-refractivity contribution in [3.63, 3.8) is 0 Å². The molecule has 0 spiro atoms. The monoisotopic (exact) mass is 388 g/mol. The van der Waals surface area contributed by atoms with E-state index in [-0.39, 0.29) is 11.7 Å². The molecule has 0 atom stereocenters. The largest absolute Gasteiger partial charge is 0.352 e. The molecule has 3 aromatic rings. The second-order valence-electron chi connectivity index (χ2n) is 5.10. The zero-order valence-corrected chi connectivity index (χ0v) is 14.2. The van der Waals surface area contributed by atoms with Crippen LogP contribution >= 0.6 is 15.9 Å². The molecular weight excluding hydrogens is 375 g/mol. The maximum atomic E-state index is 12.9. The molecule has 24 heavy (non-hydrogen) atoms. The third-order valence-electron chi connectivity index (χ3n) is 3.40. The van der Waals surface area contributed by atoms with Crippen LogP contribution in [0.1, 0.15) is 16.2 Å². The Morgan fingerprint density at radius 2 is 1.92 bits per heavy atom. The summed E-state index contributed by atoms with van der Waals surface area (Å²) in [4.78, 5) is 16.4. The van der Waals surface area contributed by atoms with Crippen LogP contribution in [0, 0.1) is 5.82 Å². The number of hydrogen-bond donors (Lipinski definition) is 2. The van der Waals surface area contributed by atoms with Crippen molar-refractivity contribution in [2.45, 2.75) is 6.42 Å². The van der Waals surface area contributed by atoms with Crippen molar-refractivity contribution >= 4 is 21.8 Å². The van der Waals surface area contributed by atoms with Gasteiger partial charge in [-0.2, -0.15) is 5.10 Å². The highest BCUT2D eigenvalue weighted by Crippen LogP contribution is 2.16. The van der Waals surface area contributed by atoms with E-state index in [1.807, 2.05) is 18.2 Å². The van der Waals surface area contributed by atoms with Crippen molar-refractivity contribution < 1.29 is 9.18 Å². The second kappa shape index (κ2) is 7.35. The number of nitrogens with one attached hydrogen (secondary N) is 2. The molecule has 0 radical (unpaired) electrons. The van der Waals surface area contributed by atoms with Gasteiger partial charge in [-0.25, -0.2) is 9.37 Å². The van der Waals surface area contributed by atoms with Gasteiger partial charge in [0.1, 0.15) is 11.6 Å². The van der Waals surface area contributed by atoms with Crippen LogP contribution in [0.2, 0.25) is 0 Å². The fourth-order valence-corrected chi connectivity index (χ4v) is 2.64. The molecule has 1 heterocycles. The molecule has 0 fully saturated rings. The predicted molar refractivity (Wildman–Crippen MR) is 92.0 cm³/mol. The highest BCUT2D eigenvalue weighted by Gasteiger charge is 2.10. The zero-order valence-electron chi connectivity index (χ0n) is 12.6. The maximum Gasteiger partial charge on any atom is 0.252 e. The van der Waals surface area contributed by atoms with E-state index in [0.29, 0.717) is 30.2 Å². The molecule has 2 aromatic carbocycles. The Morgan fingerprint density at radius 3 is 2.67 bits per heavy atom. The summed E-state index contributed by atoms with van der Waals surface area (Å²) in [5, 5.41) is 9.77. The topological polar surface area (TPSA) is 70.7 Å². The first kappa shape index (κ1) is 16.3. The Morgan fingerprint density at radius 1 is 1.17 bits per heavy atom. The number of carbonyl (C=O) groups is 1. The van der Waals surface area contributed by atoms with Crippen LogP contribution in [0.4, 0.5) is 4.39 Å². The smallest absolute Gasteiger partial charge is 0.252 e. The third kappa shape index (κ3) is 3.86. The van der Waals surface area contributed by atoms with Crippen molar-refractivity contribution in [1.82, 2.24) is 20.5 Å². The van der Waals surface area contributed by atoms with Gasteiger partial charge in [0.25, 0.3) is 5.91 Å². The van der Waals surface area contributed by atoms with Crippen molar-refractivity contribution in [2.24, 2.45) is 0 Å². The molecule has 0 saturated heterocycles. The molecule has 3 rings (SSSR count). The Kier molecular flexibility index (Phi) is 5.00. The van der Waals surface area contributed by atoms with Gasteiger partial charge < -0.3 is 5.32 Å². The molecule has 0 aliphatic rings. The summed E-state index contributed by atoms with van der Waals surface area (Å²) in [5.41, 5.74) is 1.32. The first-order valence-electron chi connectivity index (χ1n) is 7.33. The fourth-order valence-electron chi connectivity index (χ4n) is 2.17. The van der Waals surface area contributed by atoms with E-state index in [1.165, 1.54) is 12.1 Å². The number of aromatic nitrogens is 3. The van der Waals surface area contributed by atoms with Gasteiger partial charge in [0, 0.05) is 23.0 Å². The minimum atomic E-state index is -0.302. The van der Waals surface area contributed by atoms with E-state index < -0.39 is 0 Å². The van der Waals surface area contributed by atoms with Gasteiger partial charge in [0.05, 0.1) is 5.56 Å². The molecule has 0 aliphatic carbocycles. The summed E-state index contributed by atoms with van der Waals surface area (Å²) >= 11 is 3.35. The van der Waals surface area contributed by atoms with E-state index >= 15 is 0 Å². The van der Waals surface area contributed by atoms with Gasteiger partial charge >= 0.3 is 0 Å². The van der Waals surface area contributed by atoms with Gasteiger partial charge in [-0.3, -0.25) is 9.89 Å². The number of hydrogen-bond acceptors (Lipinski definition) is 3. The molecule has 1 aromatic heterocycles. The number of halogens is 2. The number of nitrogens with zero attached hydrogens (tertiary/aromatic N) is 2. The average Bonchev–Trinajstić information content (AvgIpc) is 3.04. The molecule has 122 valence electrons. The fraction of sp³-hybridized carbons (Fsp3) is 0.118. The number of carbonyl (C=O) groups excluding carboxylic acids is 1. The summed E-state index contributed by atoms with van der Waals surface area (Å²) in [6.07, 6.45) is 0.518. The van der Waals surface area contributed by atoms with Crippen molar-refractivity contribution in [3.05, 3.63) is 70.2 Å². The molecular formula is C17H14BrFN4O. The maximum absolute atomic E-state index is 12.9. The van der Waals surface area contributed by atoms with E-state index in [1.54, 1.807) is 18.2 Å². The molecule has 2 N–H and O–H groups in total. The quantitative estimate of drug-likeness (QED) is 0.703. The van der Waals surface area contributed by atoms with Gasteiger partial charge in [0.2, 0.25) is 0 Å². The van der Waals surface area contributed by atoms with Crippen LogP contribution in [0.15, 0.2) is 53.0 Å². The van der Waals surface area contributed by atoms with Gasteiger partial charge in [-0.15, -0.1) is 0 Å². The lowest BCUT2D eigenvalue weighted by atomic mass is 10.2. The number of aromatic amines is 1. The summed E-state index contributed by atoms with van der Waals surface area (Å²) in [7, 11) is 0. The predicted octanol–water partition coefficient (Wildman–Crippen LogP) is 3.35. The Balaban J connectivity index is 1.57. The zero-order chi connectivity index (χ0) is 16.9. The van der Waals surface area contributed by atoms with Crippen molar-refractivity contribution in [2.75, 3.05) is 6.54 Å². The Labute approximate surface area is 146 Å². The first-order valence-corrected chi connectivity index (χ1v) is 8.13. The highest BCUT2D eigenvalue weighted by molar-refractivity contribution is 9.10. The van der Waals surface area contributed by atoms with Crippen LogP contribution in [0.3, 0.4) is 0 Å². The van der Waals surface area contributed by atoms with E-state index in [9.17, 15) is 9.18 Å². The molecule has 0 aliphatic heterocycles. The Bertz CT molecular complexity index is 848. The average molecular weight is 389 g/mol. The first-order chi connectivity index (χ1) is 11.6. The minimum Gasteiger partial charge on any atom is -0.352 e. The number of H-pyrrole nitrogens is 1. The lowest BCUT2D eigenvalue weighted by Crippen LogP contribution is -2.26. The van der Waals surface area contributed by atoms with Gasteiger partial charge in [0.15, 0.2) is 5.82 Å². The summed E-state index contributed by atoms with van der Waals surface area (Å²) in [6, 6.07) is 13.2. The van der Waals surface area contributed by atoms with E-state index in [0.717, 1.165) is 10.0 Å². The van der Waals surface area contributed by atoms with Crippen LogP contribution in [0.5, 0.6) is 0 Å². The molecule has 1 amide bonds. The van der Waals surface area contributed by atoms with E-state index in [4.69, 9.17) is 0 Å². The van der Waals surface area contributed by atoms with Gasteiger partial charge in [-0.1, -0.05) is 12.1 Å². The normalized spacial score (nSPS) is 10.6. The number of benzene rings is 2. The van der Waals surface area contributed by atoms with Crippen LogP contribution in [0.25, 0.3) is 11.4 Å². The third-order valence-corrected chi connectivity index (χ3v) is 4.09. The Hall–Kier alpha value is -2.54. The molecule has 0 unspecified atom stereocenters.